The highest BCUT2D eigenvalue weighted by molar-refractivity contribution is 5.74. The van der Waals surface area contributed by atoms with Crippen LogP contribution in [0.25, 0.3) is 0 Å². The molecule has 1 atom stereocenters. The fraction of sp³-hybridized carbons (Fsp3) is 0.562. The normalized spacial score (nSPS) is 16.7. The molecule has 0 spiro atoms. The SMILES string of the molecule is O=C(NCC(O)COc1ccc(F)c(F)c1)NC1CCCCC1. The third kappa shape index (κ3) is 6.02. The van der Waals surface area contributed by atoms with Crippen LogP contribution in [0.4, 0.5) is 13.6 Å². The summed E-state index contributed by atoms with van der Waals surface area (Å²) in [6, 6.07) is 3.01. The van der Waals surface area contributed by atoms with Crippen molar-refractivity contribution in [3.8, 4) is 5.75 Å². The van der Waals surface area contributed by atoms with Gasteiger partial charge in [0.05, 0.1) is 0 Å². The summed E-state index contributed by atoms with van der Waals surface area (Å²) in [7, 11) is 0. The summed E-state index contributed by atoms with van der Waals surface area (Å²) in [5, 5.41) is 15.2. The molecule has 1 aromatic rings. The number of hydrogen-bond acceptors (Lipinski definition) is 3. The minimum absolute atomic E-state index is 0.0161. The van der Waals surface area contributed by atoms with Crippen LogP contribution in [0.5, 0.6) is 5.75 Å². The molecule has 0 radical (unpaired) electrons. The number of carbonyl (C=O) groups is 1. The zero-order valence-electron chi connectivity index (χ0n) is 12.9. The molecule has 7 heteroatoms. The second-order valence-corrected chi connectivity index (χ2v) is 5.73. The van der Waals surface area contributed by atoms with Gasteiger partial charge in [-0.25, -0.2) is 13.6 Å². The van der Waals surface area contributed by atoms with Crippen LogP contribution in [0, 0.1) is 11.6 Å². The van der Waals surface area contributed by atoms with E-state index in [0.29, 0.717) is 0 Å². The summed E-state index contributed by atoms with van der Waals surface area (Å²) >= 11 is 0. The predicted octanol–water partition coefficient (Wildman–Crippen LogP) is 2.34. The number of rotatable bonds is 6. The lowest BCUT2D eigenvalue weighted by Gasteiger charge is -2.23. The first-order valence-electron chi connectivity index (χ1n) is 7.85. The Kier molecular flexibility index (Phi) is 6.58. The number of aliphatic hydroxyl groups excluding tert-OH is 1. The number of urea groups is 1. The number of halogens is 2. The van der Waals surface area contributed by atoms with Gasteiger partial charge in [-0.2, -0.15) is 0 Å². The van der Waals surface area contributed by atoms with Crippen molar-refractivity contribution >= 4 is 6.03 Å². The van der Waals surface area contributed by atoms with E-state index in [1.54, 1.807) is 0 Å². The highest BCUT2D eigenvalue weighted by Gasteiger charge is 2.16. The summed E-state index contributed by atoms with van der Waals surface area (Å²) in [6.45, 7) is -0.114. The van der Waals surface area contributed by atoms with E-state index in [0.717, 1.165) is 37.8 Å². The molecule has 128 valence electrons. The first kappa shape index (κ1) is 17.5. The molecule has 5 nitrogen and oxygen atoms in total. The number of carbonyl (C=O) groups excluding carboxylic acids is 1. The quantitative estimate of drug-likeness (QED) is 0.751. The predicted molar refractivity (Wildman–Crippen MR) is 81.3 cm³/mol. The molecule has 1 aliphatic carbocycles. The summed E-state index contributed by atoms with van der Waals surface area (Å²) in [5.41, 5.74) is 0. The van der Waals surface area contributed by atoms with Gasteiger partial charge in [-0.1, -0.05) is 19.3 Å². The van der Waals surface area contributed by atoms with Crippen LogP contribution >= 0.6 is 0 Å². The minimum atomic E-state index is -1.01. The van der Waals surface area contributed by atoms with Crippen molar-refractivity contribution in [3.05, 3.63) is 29.8 Å². The smallest absolute Gasteiger partial charge is 0.315 e. The third-order valence-electron chi connectivity index (χ3n) is 3.77. The Balaban J connectivity index is 1.64. The maximum absolute atomic E-state index is 13.0. The molecule has 0 aliphatic heterocycles. The summed E-state index contributed by atoms with van der Waals surface area (Å²) in [6.07, 6.45) is 4.47. The molecule has 1 aromatic carbocycles. The van der Waals surface area contributed by atoms with Gasteiger partial charge in [0.2, 0.25) is 0 Å². The van der Waals surface area contributed by atoms with Crippen LogP contribution in [0.15, 0.2) is 18.2 Å². The Bertz CT molecular complexity index is 522. The van der Waals surface area contributed by atoms with Crippen LogP contribution in [-0.2, 0) is 0 Å². The molecular weight excluding hydrogens is 306 g/mol. The largest absolute Gasteiger partial charge is 0.491 e. The number of benzene rings is 1. The monoisotopic (exact) mass is 328 g/mol. The van der Waals surface area contributed by atoms with Crippen LogP contribution < -0.4 is 15.4 Å². The second kappa shape index (κ2) is 8.67. The van der Waals surface area contributed by atoms with E-state index < -0.39 is 17.7 Å². The first-order valence-corrected chi connectivity index (χ1v) is 7.85. The van der Waals surface area contributed by atoms with Crippen molar-refractivity contribution in [2.45, 2.75) is 44.2 Å². The first-order chi connectivity index (χ1) is 11.0. The molecule has 2 rings (SSSR count). The van der Waals surface area contributed by atoms with Crippen molar-refractivity contribution < 1.29 is 23.4 Å². The average Bonchev–Trinajstić information content (AvgIpc) is 2.55. The summed E-state index contributed by atoms with van der Waals surface area (Å²) in [5.74, 6) is -1.85. The van der Waals surface area contributed by atoms with Gasteiger partial charge < -0.3 is 20.5 Å². The third-order valence-corrected chi connectivity index (χ3v) is 3.77. The molecule has 0 bridgehead atoms. The standard InChI is InChI=1S/C16H22F2N2O3/c17-14-7-6-13(8-15(14)18)23-10-12(21)9-19-16(22)20-11-4-2-1-3-5-11/h6-8,11-12,21H,1-5,9-10H2,(H2,19,20,22). The molecule has 1 saturated carbocycles. The van der Waals surface area contributed by atoms with Crippen molar-refractivity contribution in [1.29, 1.82) is 0 Å². The number of hydrogen-bond donors (Lipinski definition) is 3. The fourth-order valence-corrected chi connectivity index (χ4v) is 2.51. The van der Waals surface area contributed by atoms with E-state index in [-0.39, 0.29) is 31.0 Å². The second-order valence-electron chi connectivity index (χ2n) is 5.73. The molecule has 1 aliphatic rings. The van der Waals surface area contributed by atoms with E-state index in [1.807, 2.05) is 0 Å². The lowest BCUT2D eigenvalue weighted by atomic mass is 9.96. The molecule has 2 amide bonds. The Hall–Kier alpha value is -1.89. The highest BCUT2D eigenvalue weighted by Crippen LogP contribution is 2.17. The minimum Gasteiger partial charge on any atom is -0.491 e. The van der Waals surface area contributed by atoms with Crippen molar-refractivity contribution in [1.82, 2.24) is 10.6 Å². The molecule has 1 unspecified atom stereocenters. The number of amides is 2. The van der Waals surface area contributed by atoms with Crippen LogP contribution in [-0.4, -0.2) is 36.4 Å². The van der Waals surface area contributed by atoms with Gasteiger partial charge in [-0.05, 0) is 25.0 Å². The van der Waals surface area contributed by atoms with Crippen LogP contribution in [0.2, 0.25) is 0 Å². The number of nitrogens with one attached hydrogen (secondary N) is 2. The molecule has 0 saturated heterocycles. The Morgan fingerprint density at radius 1 is 1.26 bits per heavy atom. The van der Waals surface area contributed by atoms with Gasteiger partial charge in [-0.15, -0.1) is 0 Å². The van der Waals surface area contributed by atoms with Crippen LogP contribution in [0.1, 0.15) is 32.1 Å². The summed E-state index contributed by atoms with van der Waals surface area (Å²) in [4.78, 5) is 11.7. The maximum atomic E-state index is 13.0. The molecule has 1 fully saturated rings. The van der Waals surface area contributed by atoms with E-state index in [1.165, 1.54) is 12.5 Å². The van der Waals surface area contributed by atoms with Gasteiger partial charge in [0.1, 0.15) is 18.5 Å². The van der Waals surface area contributed by atoms with Crippen molar-refractivity contribution in [2.24, 2.45) is 0 Å². The van der Waals surface area contributed by atoms with E-state index in [4.69, 9.17) is 4.74 Å². The van der Waals surface area contributed by atoms with Gasteiger partial charge in [0.25, 0.3) is 0 Å². The lowest BCUT2D eigenvalue weighted by molar-refractivity contribution is 0.107. The van der Waals surface area contributed by atoms with Gasteiger partial charge in [-0.3, -0.25) is 0 Å². The topological polar surface area (TPSA) is 70.6 Å². The zero-order chi connectivity index (χ0) is 16.7. The Morgan fingerprint density at radius 2 is 2.00 bits per heavy atom. The zero-order valence-corrected chi connectivity index (χ0v) is 12.9. The Labute approximate surface area is 134 Å². The molecule has 23 heavy (non-hydrogen) atoms. The molecule has 3 N–H and O–H groups in total. The number of ether oxygens (including phenoxy) is 1. The average molecular weight is 328 g/mol. The van der Waals surface area contributed by atoms with Crippen molar-refractivity contribution in [3.63, 3.8) is 0 Å². The fourth-order valence-electron chi connectivity index (χ4n) is 2.51. The van der Waals surface area contributed by atoms with E-state index in [9.17, 15) is 18.7 Å². The maximum Gasteiger partial charge on any atom is 0.315 e. The van der Waals surface area contributed by atoms with Gasteiger partial charge in [0.15, 0.2) is 11.6 Å². The number of aliphatic hydroxyl groups is 1. The molecule has 0 heterocycles. The van der Waals surface area contributed by atoms with Gasteiger partial charge in [0, 0.05) is 18.7 Å². The van der Waals surface area contributed by atoms with Crippen LogP contribution in [0.3, 0.4) is 0 Å². The van der Waals surface area contributed by atoms with Gasteiger partial charge >= 0.3 is 6.03 Å². The highest BCUT2D eigenvalue weighted by atomic mass is 19.2. The van der Waals surface area contributed by atoms with Crippen molar-refractivity contribution in [2.75, 3.05) is 13.2 Å². The molecule has 0 aromatic heterocycles. The Morgan fingerprint density at radius 3 is 2.70 bits per heavy atom. The van der Waals surface area contributed by atoms with E-state index >= 15 is 0 Å². The summed E-state index contributed by atoms with van der Waals surface area (Å²) < 4.78 is 30.9. The lowest BCUT2D eigenvalue weighted by Crippen LogP contribution is -2.45. The molecular formula is C16H22F2N2O3. The van der Waals surface area contributed by atoms with E-state index in [2.05, 4.69) is 10.6 Å².